The van der Waals surface area contributed by atoms with Gasteiger partial charge in [-0.15, -0.1) is 6.20 Å². The summed E-state index contributed by atoms with van der Waals surface area (Å²) in [6.07, 6.45) is 2.58. The van der Waals surface area contributed by atoms with Crippen LogP contribution in [0, 0.1) is 17.8 Å². The van der Waals surface area contributed by atoms with E-state index in [1.54, 1.807) is 5.38 Å². The van der Waals surface area contributed by atoms with Crippen molar-refractivity contribution in [3.8, 4) is 10.6 Å². The van der Waals surface area contributed by atoms with Gasteiger partial charge in [-0.1, -0.05) is 11.4 Å². The van der Waals surface area contributed by atoms with E-state index in [0.717, 1.165) is 6.07 Å². The van der Waals surface area contributed by atoms with Gasteiger partial charge >= 0.3 is 18.9 Å². The third-order valence-corrected chi connectivity index (χ3v) is 2.31. The molecule has 0 aliphatic carbocycles. The van der Waals surface area contributed by atoms with E-state index in [0.29, 0.717) is 10.6 Å². The van der Waals surface area contributed by atoms with Crippen molar-refractivity contribution in [2.75, 3.05) is 0 Å². The van der Waals surface area contributed by atoms with Crippen LogP contribution in [0.2, 0.25) is 0 Å². The minimum atomic E-state index is -0.594. The van der Waals surface area contributed by atoms with Crippen LogP contribution in [0.5, 0.6) is 0 Å². The van der Waals surface area contributed by atoms with Crippen LogP contribution in [0.3, 0.4) is 0 Å². The second-order valence-corrected chi connectivity index (χ2v) is 3.26. The summed E-state index contributed by atoms with van der Waals surface area (Å²) in [4.78, 5) is 3.81. The average Bonchev–Trinajstić information content (AvgIpc) is 2.56. The van der Waals surface area contributed by atoms with Gasteiger partial charge in [-0.05, 0) is 16.6 Å². The maximum Gasteiger partial charge on any atom is 1.00 e. The fourth-order valence-electron chi connectivity index (χ4n) is 0.980. The van der Waals surface area contributed by atoms with E-state index in [-0.39, 0.29) is 18.9 Å². The monoisotopic (exact) mass is 203 g/mol. The Bertz CT molecular complexity index is 417. The number of hydrogen-bond donors (Lipinski definition) is 0. The molecule has 14 heavy (non-hydrogen) atoms. The number of benzene rings is 1. The van der Waals surface area contributed by atoms with Crippen LogP contribution in [0.25, 0.3) is 10.6 Å². The van der Waals surface area contributed by atoms with E-state index in [4.69, 9.17) is 0 Å². The van der Waals surface area contributed by atoms with Gasteiger partial charge in [0.05, 0.1) is 0 Å². The molecule has 0 saturated heterocycles. The van der Waals surface area contributed by atoms with Gasteiger partial charge < -0.3 is 4.98 Å². The summed E-state index contributed by atoms with van der Waals surface area (Å²) in [5.41, 5.74) is 0.313. The molecular formula is C9H4F2LiNS. The maximum atomic E-state index is 13.1. The van der Waals surface area contributed by atoms with Crippen molar-refractivity contribution in [3.05, 3.63) is 41.4 Å². The molecule has 1 nitrogen and oxygen atoms in total. The summed E-state index contributed by atoms with van der Waals surface area (Å²) in [5, 5.41) is 2.13. The van der Waals surface area contributed by atoms with Gasteiger partial charge in [0.1, 0.15) is 11.6 Å². The molecule has 2 rings (SSSR count). The van der Waals surface area contributed by atoms with Crippen LogP contribution in [0.1, 0.15) is 0 Å². The van der Waals surface area contributed by atoms with Crippen molar-refractivity contribution < 1.29 is 27.6 Å². The number of thiazole rings is 1. The molecular weight excluding hydrogens is 199 g/mol. The van der Waals surface area contributed by atoms with Gasteiger partial charge in [0.25, 0.3) is 0 Å². The molecule has 66 valence electrons. The first-order valence-electron chi connectivity index (χ1n) is 3.54. The molecule has 1 aromatic carbocycles. The predicted octanol–water partition coefficient (Wildman–Crippen LogP) is -0.108. The van der Waals surface area contributed by atoms with Gasteiger partial charge in [0, 0.05) is 6.07 Å². The smallest absolute Gasteiger partial charge is 0.442 e. The molecule has 0 unspecified atom stereocenters. The second kappa shape index (κ2) is 4.70. The molecule has 0 aliphatic rings. The van der Waals surface area contributed by atoms with Crippen LogP contribution in [-0.2, 0) is 0 Å². The Morgan fingerprint density at radius 1 is 1.29 bits per heavy atom. The summed E-state index contributed by atoms with van der Waals surface area (Å²) in [7, 11) is 0. The Balaban J connectivity index is 0.000000980. The van der Waals surface area contributed by atoms with Crippen LogP contribution in [0.15, 0.2) is 23.6 Å². The van der Waals surface area contributed by atoms with E-state index in [1.165, 1.54) is 23.5 Å². The molecule has 0 atom stereocenters. The summed E-state index contributed by atoms with van der Waals surface area (Å²) in [6, 6.07) is 3.42. The Morgan fingerprint density at radius 3 is 2.64 bits per heavy atom. The molecule has 0 saturated carbocycles. The Labute approximate surface area is 96.0 Å². The van der Waals surface area contributed by atoms with Gasteiger partial charge in [-0.2, -0.15) is 0 Å². The average molecular weight is 203 g/mol. The first kappa shape index (κ1) is 11.4. The standard InChI is InChI=1S/C9H4F2NS.Li/c10-6-1-2-7(8(11)5-6)9-12-3-4-13-9;/h1-2,4-5H;/q-1;+1. The summed E-state index contributed by atoms with van der Waals surface area (Å²) >= 11 is 1.27. The topological polar surface area (TPSA) is 12.9 Å². The molecule has 0 N–H and O–H groups in total. The fourth-order valence-corrected chi connectivity index (χ4v) is 1.60. The molecule has 0 amide bonds. The van der Waals surface area contributed by atoms with E-state index in [2.05, 4.69) is 11.2 Å². The Morgan fingerprint density at radius 2 is 2.07 bits per heavy atom. The summed E-state index contributed by atoms with van der Waals surface area (Å²) in [5.74, 6) is -1.18. The van der Waals surface area contributed by atoms with Gasteiger partial charge in [0.2, 0.25) is 0 Å². The summed E-state index contributed by atoms with van der Waals surface area (Å²) in [6.45, 7) is 0. The van der Waals surface area contributed by atoms with Crippen molar-refractivity contribution in [1.82, 2.24) is 4.98 Å². The normalized spacial score (nSPS) is 9.57. The van der Waals surface area contributed by atoms with Crippen LogP contribution in [0.4, 0.5) is 8.78 Å². The molecule has 0 bridgehead atoms. The SMILES string of the molecule is Fc1ccc(-c2n[c-]cs2)c(F)c1.[Li+]. The molecule has 0 spiro atoms. The molecule has 0 aliphatic heterocycles. The zero-order valence-electron chi connectivity index (χ0n) is 7.42. The number of rotatable bonds is 1. The Kier molecular flexibility index (Phi) is 3.82. The largest absolute Gasteiger partial charge is 1.00 e. The van der Waals surface area contributed by atoms with Crippen molar-refractivity contribution in [3.63, 3.8) is 0 Å². The number of aromatic nitrogens is 1. The minimum absolute atomic E-state index is 0. The molecule has 2 aromatic rings. The number of nitrogens with zero attached hydrogens (tertiary/aromatic N) is 1. The first-order chi connectivity index (χ1) is 6.27. The molecule has 1 heterocycles. The fraction of sp³-hybridized carbons (Fsp3) is 0. The van der Waals surface area contributed by atoms with Crippen LogP contribution < -0.4 is 18.9 Å². The van der Waals surface area contributed by atoms with Gasteiger partial charge in [0.15, 0.2) is 0 Å². The second-order valence-electron chi connectivity index (χ2n) is 2.41. The van der Waals surface area contributed by atoms with Gasteiger partial charge in [-0.25, -0.2) is 20.1 Å². The van der Waals surface area contributed by atoms with Gasteiger partial charge in [-0.3, -0.25) is 0 Å². The Hall–Kier alpha value is -0.693. The van der Waals surface area contributed by atoms with E-state index in [9.17, 15) is 8.78 Å². The van der Waals surface area contributed by atoms with Crippen LogP contribution in [-0.4, -0.2) is 4.98 Å². The number of hydrogen-bond acceptors (Lipinski definition) is 2. The zero-order valence-corrected chi connectivity index (χ0v) is 8.24. The third kappa shape index (κ3) is 2.21. The third-order valence-electron chi connectivity index (χ3n) is 1.55. The van der Waals surface area contributed by atoms with E-state index >= 15 is 0 Å². The van der Waals surface area contributed by atoms with E-state index < -0.39 is 11.6 Å². The molecule has 0 radical (unpaired) electrons. The minimum Gasteiger partial charge on any atom is -0.442 e. The van der Waals surface area contributed by atoms with Crippen molar-refractivity contribution in [1.29, 1.82) is 0 Å². The number of halogens is 2. The first-order valence-corrected chi connectivity index (χ1v) is 4.42. The predicted molar refractivity (Wildman–Crippen MR) is 46.3 cm³/mol. The van der Waals surface area contributed by atoms with Crippen molar-refractivity contribution >= 4 is 11.3 Å². The zero-order chi connectivity index (χ0) is 9.26. The quantitative estimate of drug-likeness (QED) is 0.465. The maximum absolute atomic E-state index is 13.1. The van der Waals surface area contributed by atoms with Crippen molar-refractivity contribution in [2.45, 2.75) is 0 Å². The molecule has 1 aromatic heterocycles. The van der Waals surface area contributed by atoms with Crippen LogP contribution >= 0.6 is 11.3 Å². The van der Waals surface area contributed by atoms with Crippen molar-refractivity contribution in [2.24, 2.45) is 0 Å². The molecule has 0 fully saturated rings. The summed E-state index contributed by atoms with van der Waals surface area (Å²) < 4.78 is 25.7. The molecule has 5 heteroatoms. The van der Waals surface area contributed by atoms with E-state index in [1.807, 2.05) is 0 Å².